The summed E-state index contributed by atoms with van der Waals surface area (Å²) in [6.45, 7) is 4.47. The van der Waals surface area contributed by atoms with Crippen molar-refractivity contribution in [1.29, 1.82) is 0 Å². The van der Waals surface area contributed by atoms with E-state index in [-0.39, 0.29) is 0 Å². The Labute approximate surface area is 123 Å². The summed E-state index contributed by atoms with van der Waals surface area (Å²) >= 11 is 12.1. The average molecular weight is 296 g/mol. The van der Waals surface area contributed by atoms with Crippen molar-refractivity contribution in [3.63, 3.8) is 0 Å². The molecule has 0 atom stereocenters. The smallest absolute Gasteiger partial charge is 0.137 e. The maximum absolute atomic E-state index is 6.09. The Kier molecular flexibility index (Phi) is 4.27. The van der Waals surface area contributed by atoms with Crippen LogP contribution in [0.4, 0.5) is 5.82 Å². The fraction of sp³-hybridized carbons (Fsp3) is 0.286. The first kappa shape index (κ1) is 14.1. The van der Waals surface area contributed by atoms with E-state index in [9.17, 15) is 0 Å². The van der Waals surface area contributed by atoms with Gasteiger partial charge in [0.2, 0.25) is 0 Å². The molecule has 1 aromatic heterocycles. The molecule has 0 saturated carbocycles. The van der Waals surface area contributed by atoms with Crippen molar-refractivity contribution in [2.45, 2.75) is 20.4 Å². The molecule has 0 bridgehead atoms. The third kappa shape index (κ3) is 3.37. The van der Waals surface area contributed by atoms with Crippen molar-refractivity contribution in [2.24, 2.45) is 0 Å². The number of hydrogen-bond acceptors (Lipinski definition) is 3. The zero-order valence-electron chi connectivity index (χ0n) is 11.1. The lowest BCUT2D eigenvalue weighted by molar-refractivity contribution is 0.870. The van der Waals surface area contributed by atoms with Gasteiger partial charge in [-0.3, -0.25) is 0 Å². The Bertz CT molecular complexity index is 599. The normalized spacial score (nSPS) is 10.6. The van der Waals surface area contributed by atoms with Crippen molar-refractivity contribution in [3.8, 4) is 0 Å². The molecule has 0 N–H and O–H groups in total. The summed E-state index contributed by atoms with van der Waals surface area (Å²) in [5.74, 6) is 1.51. The van der Waals surface area contributed by atoms with Gasteiger partial charge in [0, 0.05) is 24.2 Å². The van der Waals surface area contributed by atoms with Gasteiger partial charge in [-0.15, -0.1) is 0 Å². The molecule has 0 radical (unpaired) electrons. The van der Waals surface area contributed by atoms with Crippen LogP contribution in [-0.2, 0) is 6.54 Å². The summed E-state index contributed by atoms with van der Waals surface area (Å²) in [5, 5.41) is 1.24. The second-order valence-corrected chi connectivity index (χ2v) is 5.29. The van der Waals surface area contributed by atoms with Crippen molar-refractivity contribution in [3.05, 3.63) is 51.4 Å². The minimum absolute atomic E-state index is 0.500. The molecule has 3 nitrogen and oxygen atoms in total. The van der Waals surface area contributed by atoms with E-state index in [0.717, 1.165) is 22.0 Å². The molecule has 0 aliphatic rings. The predicted octanol–water partition coefficient (Wildman–Crippen LogP) is 4.04. The number of aryl methyl sites for hydroxylation is 1. The summed E-state index contributed by atoms with van der Waals surface area (Å²) < 4.78 is 0. The summed E-state index contributed by atoms with van der Waals surface area (Å²) in [6.07, 6.45) is 0. The topological polar surface area (TPSA) is 29.0 Å². The summed E-state index contributed by atoms with van der Waals surface area (Å²) in [5.41, 5.74) is 2.01. The first-order chi connectivity index (χ1) is 8.97. The number of nitrogens with zero attached hydrogens (tertiary/aromatic N) is 3. The van der Waals surface area contributed by atoms with E-state index in [1.807, 2.05) is 50.1 Å². The quantitative estimate of drug-likeness (QED) is 0.801. The Balaban J connectivity index is 2.27. The van der Waals surface area contributed by atoms with E-state index in [2.05, 4.69) is 9.97 Å². The number of halogens is 2. The van der Waals surface area contributed by atoms with Gasteiger partial charge >= 0.3 is 0 Å². The van der Waals surface area contributed by atoms with Crippen LogP contribution in [0.1, 0.15) is 17.0 Å². The van der Waals surface area contributed by atoms with E-state index in [1.54, 1.807) is 0 Å². The highest BCUT2D eigenvalue weighted by atomic mass is 35.5. The van der Waals surface area contributed by atoms with E-state index < -0.39 is 0 Å². The van der Waals surface area contributed by atoms with Gasteiger partial charge in [0.15, 0.2) is 0 Å². The minimum atomic E-state index is 0.500. The lowest BCUT2D eigenvalue weighted by Gasteiger charge is -2.21. The number of benzene rings is 1. The Morgan fingerprint density at radius 1 is 1.16 bits per heavy atom. The van der Waals surface area contributed by atoms with Crippen LogP contribution < -0.4 is 4.90 Å². The second kappa shape index (κ2) is 5.76. The van der Waals surface area contributed by atoms with Gasteiger partial charge in [-0.25, -0.2) is 9.97 Å². The number of hydrogen-bond donors (Lipinski definition) is 0. The van der Waals surface area contributed by atoms with E-state index in [1.165, 1.54) is 0 Å². The van der Waals surface area contributed by atoms with Crippen molar-refractivity contribution in [1.82, 2.24) is 9.97 Å². The molecular weight excluding hydrogens is 281 g/mol. The number of rotatable bonds is 3. The number of anilines is 1. The highest BCUT2D eigenvalue weighted by Gasteiger charge is 2.12. The lowest BCUT2D eigenvalue weighted by atomic mass is 10.2. The monoisotopic (exact) mass is 295 g/mol. The average Bonchev–Trinajstić information content (AvgIpc) is 2.33. The Hall–Kier alpha value is -1.32. The molecule has 0 fully saturated rings. The zero-order chi connectivity index (χ0) is 14.0. The second-order valence-electron chi connectivity index (χ2n) is 4.50. The summed E-state index contributed by atoms with van der Waals surface area (Å²) in [6, 6.07) is 7.79. The molecule has 19 heavy (non-hydrogen) atoms. The van der Waals surface area contributed by atoms with Crippen molar-refractivity contribution < 1.29 is 0 Å². The van der Waals surface area contributed by atoms with Crippen molar-refractivity contribution >= 4 is 29.0 Å². The first-order valence-electron chi connectivity index (χ1n) is 5.93. The maximum atomic E-state index is 6.09. The summed E-state index contributed by atoms with van der Waals surface area (Å²) in [7, 11) is 1.98. The van der Waals surface area contributed by atoms with E-state index in [4.69, 9.17) is 23.2 Å². The zero-order valence-corrected chi connectivity index (χ0v) is 12.6. The molecule has 0 saturated heterocycles. The van der Waals surface area contributed by atoms with Crippen LogP contribution in [0.2, 0.25) is 10.2 Å². The molecule has 0 aliphatic carbocycles. The SMILES string of the molecule is Cc1nc(Cl)c(C)c(N(C)Cc2cccc(Cl)c2)n1. The predicted molar refractivity (Wildman–Crippen MR) is 80.1 cm³/mol. The molecule has 0 amide bonds. The highest BCUT2D eigenvalue weighted by molar-refractivity contribution is 6.30. The largest absolute Gasteiger partial charge is 0.355 e. The van der Waals surface area contributed by atoms with E-state index >= 15 is 0 Å². The van der Waals surface area contributed by atoms with Crippen LogP contribution >= 0.6 is 23.2 Å². The molecule has 1 aromatic carbocycles. The van der Waals surface area contributed by atoms with Gasteiger partial charge in [-0.05, 0) is 31.5 Å². The van der Waals surface area contributed by atoms with Crippen LogP contribution in [-0.4, -0.2) is 17.0 Å². The number of aromatic nitrogens is 2. The lowest BCUT2D eigenvalue weighted by Crippen LogP contribution is -2.19. The molecule has 5 heteroatoms. The van der Waals surface area contributed by atoms with E-state index in [0.29, 0.717) is 17.5 Å². The minimum Gasteiger partial charge on any atom is -0.355 e. The summed E-state index contributed by atoms with van der Waals surface area (Å²) in [4.78, 5) is 10.6. The molecular formula is C14H15Cl2N3. The molecule has 0 aliphatic heterocycles. The maximum Gasteiger partial charge on any atom is 0.137 e. The van der Waals surface area contributed by atoms with Crippen LogP contribution in [0.3, 0.4) is 0 Å². The van der Waals surface area contributed by atoms with Crippen LogP contribution in [0.5, 0.6) is 0 Å². The van der Waals surface area contributed by atoms with Gasteiger partial charge in [-0.2, -0.15) is 0 Å². The van der Waals surface area contributed by atoms with Gasteiger partial charge in [-0.1, -0.05) is 35.3 Å². The molecule has 0 unspecified atom stereocenters. The Morgan fingerprint density at radius 3 is 2.58 bits per heavy atom. The fourth-order valence-corrected chi connectivity index (χ4v) is 2.36. The van der Waals surface area contributed by atoms with Gasteiger partial charge in [0.25, 0.3) is 0 Å². The third-order valence-corrected chi connectivity index (χ3v) is 3.45. The van der Waals surface area contributed by atoms with Crippen LogP contribution in [0.25, 0.3) is 0 Å². The van der Waals surface area contributed by atoms with Crippen molar-refractivity contribution in [2.75, 3.05) is 11.9 Å². The van der Waals surface area contributed by atoms with Gasteiger partial charge < -0.3 is 4.90 Å². The molecule has 2 rings (SSSR count). The van der Waals surface area contributed by atoms with Crippen LogP contribution in [0, 0.1) is 13.8 Å². The standard InChI is InChI=1S/C14H15Cl2N3/c1-9-13(16)17-10(2)18-14(9)19(3)8-11-5-4-6-12(15)7-11/h4-7H,8H2,1-3H3. The molecule has 2 aromatic rings. The Morgan fingerprint density at radius 2 is 1.89 bits per heavy atom. The first-order valence-corrected chi connectivity index (χ1v) is 6.69. The highest BCUT2D eigenvalue weighted by Crippen LogP contribution is 2.24. The van der Waals surface area contributed by atoms with Crippen LogP contribution in [0.15, 0.2) is 24.3 Å². The fourth-order valence-electron chi connectivity index (χ4n) is 1.94. The third-order valence-electron chi connectivity index (χ3n) is 2.84. The molecule has 100 valence electrons. The van der Waals surface area contributed by atoms with Gasteiger partial charge in [0.1, 0.15) is 16.8 Å². The molecule has 0 spiro atoms. The molecule has 1 heterocycles. The van der Waals surface area contributed by atoms with Gasteiger partial charge in [0.05, 0.1) is 0 Å².